The van der Waals surface area contributed by atoms with Crippen molar-refractivity contribution < 1.29 is 24.1 Å². The quantitative estimate of drug-likeness (QED) is 0.627. The van der Waals surface area contributed by atoms with Crippen molar-refractivity contribution in [1.29, 1.82) is 0 Å². The molecule has 1 N–H and O–H groups in total. The topological polar surface area (TPSA) is 82.8 Å². The third kappa shape index (κ3) is 5.37. The van der Waals surface area contributed by atoms with E-state index in [4.69, 9.17) is 19.3 Å². The Kier molecular flexibility index (Phi) is 7.09. The van der Waals surface area contributed by atoms with Crippen LogP contribution in [0.15, 0.2) is 6.20 Å². The molecule has 7 heteroatoms. The molecule has 0 saturated carbocycles. The van der Waals surface area contributed by atoms with Crippen LogP contribution in [0.3, 0.4) is 0 Å². The maximum atomic E-state index is 10.8. The van der Waals surface area contributed by atoms with Crippen LogP contribution >= 0.6 is 0 Å². The molecule has 0 saturated heterocycles. The lowest BCUT2D eigenvalue weighted by atomic mass is 10.3. The van der Waals surface area contributed by atoms with E-state index in [-0.39, 0.29) is 5.56 Å². The van der Waals surface area contributed by atoms with Gasteiger partial charge in [0.15, 0.2) is 0 Å². The summed E-state index contributed by atoms with van der Waals surface area (Å²) in [5.41, 5.74) is 0.857. The van der Waals surface area contributed by atoms with Crippen LogP contribution in [0.2, 0.25) is 0 Å². The lowest BCUT2D eigenvalue weighted by Gasteiger charge is -2.07. The van der Waals surface area contributed by atoms with Gasteiger partial charge in [-0.2, -0.15) is 5.10 Å². The second-order valence-corrected chi connectivity index (χ2v) is 3.89. The van der Waals surface area contributed by atoms with Crippen LogP contribution in [0.5, 0.6) is 0 Å². The maximum Gasteiger partial charge on any atom is 0.339 e. The van der Waals surface area contributed by atoms with Crippen LogP contribution in [0, 0.1) is 6.92 Å². The second-order valence-electron chi connectivity index (χ2n) is 3.89. The Bertz CT molecular complexity index is 391. The predicted octanol–water partition coefficient (Wildman–Crippen LogP) is 0.569. The number of rotatable bonds is 10. The molecule has 1 rings (SSSR count). The summed E-state index contributed by atoms with van der Waals surface area (Å²) in [5.74, 6) is -0.962. The zero-order valence-electron chi connectivity index (χ0n) is 11.3. The van der Waals surface area contributed by atoms with E-state index in [2.05, 4.69) is 5.10 Å². The van der Waals surface area contributed by atoms with Gasteiger partial charge in [-0.25, -0.2) is 4.79 Å². The minimum absolute atomic E-state index is 0.225. The molecule has 1 aromatic heterocycles. The molecule has 0 amide bonds. The summed E-state index contributed by atoms with van der Waals surface area (Å²) >= 11 is 0. The molecule has 0 aliphatic rings. The number of carbonyl (C=O) groups is 1. The number of hydrogen-bond donors (Lipinski definition) is 1. The van der Waals surface area contributed by atoms with Gasteiger partial charge >= 0.3 is 5.97 Å². The smallest absolute Gasteiger partial charge is 0.339 e. The largest absolute Gasteiger partial charge is 0.478 e. The fourth-order valence-electron chi connectivity index (χ4n) is 1.50. The number of nitrogens with zero attached hydrogens (tertiary/aromatic N) is 2. The molecular weight excluding hydrogens is 252 g/mol. The Hall–Kier alpha value is -1.44. The highest BCUT2D eigenvalue weighted by atomic mass is 16.5. The number of methoxy groups -OCH3 is 1. The lowest BCUT2D eigenvalue weighted by molar-refractivity contribution is 0.0224. The summed E-state index contributed by atoms with van der Waals surface area (Å²) in [5, 5.41) is 12.9. The molecule has 0 aromatic carbocycles. The number of aromatic nitrogens is 2. The molecule has 0 spiro atoms. The lowest BCUT2D eigenvalue weighted by Crippen LogP contribution is -2.13. The minimum atomic E-state index is -0.962. The van der Waals surface area contributed by atoms with Gasteiger partial charge < -0.3 is 19.3 Å². The molecule has 1 aromatic rings. The molecular formula is C12H20N2O5. The van der Waals surface area contributed by atoms with Crippen molar-refractivity contribution in [2.75, 3.05) is 40.1 Å². The molecule has 0 unspecified atom stereocenters. The molecule has 1 heterocycles. The fourth-order valence-corrected chi connectivity index (χ4v) is 1.50. The summed E-state index contributed by atoms with van der Waals surface area (Å²) in [6.07, 6.45) is 1.35. The summed E-state index contributed by atoms with van der Waals surface area (Å²) in [4.78, 5) is 10.8. The minimum Gasteiger partial charge on any atom is -0.478 e. The van der Waals surface area contributed by atoms with Gasteiger partial charge in [-0.15, -0.1) is 0 Å². The van der Waals surface area contributed by atoms with E-state index in [0.717, 1.165) is 0 Å². The number of aromatic carboxylic acids is 1. The third-order valence-corrected chi connectivity index (χ3v) is 2.58. The van der Waals surface area contributed by atoms with Gasteiger partial charge in [0.25, 0.3) is 0 Å². The van der Waals surface area contributed by atoms with Gasteiger partial charge in [0.1, 0.15) is 5.56 Å². The van der Waals surface area contributed by atoms with Gasteiger partial charge in [-0.1, -0.05) is 0 Å². The van der Waals surface area contributed by atoms with Gasteiger partial charge in [0.2, 0.25) is 0 Å². The molecule has 19 heavy (non-hydrogen) atoms. The Balaban J connectivity index is 2.14. The Morgan fingerprint density at radius 2 is 1.89 bits per heavy atom. The van der Waals surface area contributed by atoms with E-state index in [9.17, 15) is 4.79 Å². The van der Waals surface area contributed by atoms with Crippen molar-refractivity contribution in [2.45, 2.75) is 13.5 Å². The van der Waals surface area contributed by atoms with Crippen LogP contribution < -0.4 is 0 Å². The predicted molar refractivity (Wildman–Crippen MR) is 67.4 cm³/mol. The van der Waals surface area contributed by atoms with Gasteiger partial charge in [0, 0.05) is 12.8 Å². The SMILES string of the molecule is COCCOCCOCCn1ncc(C(=O)O)c1C. The zero-order valence-corrected chi connectivity index (χ0v) is 11.3. The monoisotopic (exact) mass is 272 g/mol. The van der Waals surface area contributed by atoms with E-state index in [1.165, 1.54) is 6.20 Å². The summed E-state index contributed by atoms with van der Waals surface area (Å²) in [7, 11) is 1.62. The second kappa shape index (κ2) is 8.63. The first kappa shape index (κ1) is 15.6. The molecule has 0 atom stereocenters. The molecule has 7 nitrogen and oxygen atoms in total. The Morgan fingerprint density at radius 3 is 2.47 bits per heavy atom. The molecule has 0 aliphatic carbocycles. The fraction of sp³-hybridized carbons (Fsp3) is 0.667. The van der Waals surface area contributed by atoms with Gasteiger partial charge in [-0.05, 0) is 6.92 Å². The average molecular weight is 272 g/mol. The first-order valence-electron chi connectivity index (χ1n) is 6.07. The first-order valence-corrected chi connectivity index (χ1v) is 6.07. The number of carboxylic acids is 1. The summed E-state index contributed by atoms with van der Waals surface area (Å²) in [6, 6.07) is 0. The van der Waals surface area contributed by atoms with Crippen molar-refractivity contribution in [3.05, 3.63) is 17.5 Å². The van der Waals surface area contributed by atoms with E-state index in [1.54, 1.807) is 18.7 Å². The zero-order chi connectivity index (χ0) is 14.1. The van der Waals surface area contributed by atoms with E-state index in [0.29, 0.717) is 45.3 Å². The average Bonchev–Trinajstić information content (AvgIpc) is 2.74. The first-order chi connectivity index (χ1) is 9.16. The number of hydrogen-bond acceptors (Lipinski definition) is 5. The van der Waals surface area contributed by atoms with Crippen molar-refractivity contribution in [3.8, 4) is 0 Å². The van der Waals surface area contributed by atoms with Crippen molar-refractivity contribution in [3.63, 3.8) is 0 Å². The van der Waals surface area contributed by atoms with Crippen LogP contribution in [-0.4, -0.2) is 61.0 Å². The van der Waals surface area contributed by atoms with Crippen LogP contribution in [0.25, 0.3) is 0 Å². The molecule has 0 bridgehead atoms. The number of carboxylic acid groups (broad SMARTS) is 1. The van der Waals surface area contributed by atoms with Crippen LogP contribution in [0.1, 0.15) is 16.1 Å². The third-order valence-electron chi connectivity index (χ3n) is 2.58. The summed E-state index contributed by atoms with van der Waals surface area (Å²) < 4.78 is 17.1. The van der Waals surface area contributed by atoms with E-state index >= 15 is 0 Å². The molecule has 0 radical (unpaired) electrons. The summed E-state index contributed by atoms with van der Waals surface area (Å²) in [6.45, 7) is 4.86. The Morgan fingerprint density at radius 1 is 1.26 bits per heavy atom. The molecule has 0 aliphatic heterocycles. The molecule has 0 fully saturated rings. The Labute approximate surface area is 112 Å². The number of ether oxygens (including phenoxy) is 3. The highest BCUT2D eigenvalue weighted by molar-refractivity contribution is 5.88. The van der Waals surface area contributed by atoms with Crippen LogP contribution in [0.4, 0.5) is 0 Å². The van der Waals surface area contributed by atoms with E-state index < -0.39 is 5.97 Å². The normalized spacial score (nSPS) is 10.8. The standard InChI is InChI=1S/C12H20N2O5/c1-10-11(12(15)16)9-13-14(10)3-4-18-7-8-19-6-5-17-2/h9H,3-8H2,1-2H3,(H,15,16). The highest BCUT2D eigenvalue weighted by Crippen LogP contribution is 2.06. The van der Waals surface area contributed by atoms with Crippen molar-refractivity contribution >= 4 is 5.97 Å². The highest BCUT2D eigenvalue weighted by Gasteiger charge is 2.11. The van der Waals surface area contributed by atoms with E-state index in [1.807, 2.05) is 0 Å². The molecule has 108 valence electrons. The maximum absolute atomic E-state index is 10.8. The van der Waals surface area contributed by atoms with Crippen molar-refractivity contribution in [1.82, 2.24) is 9.78 Å². The van der Waals surface area contributed by atoms with Gasteiger partial charge in [-0.3, -0.25) is 4.68 Å². The van der Waals surface area contributed by atoms with Gasteiger partial charge in [0.05, 0.1) is 45.8 Å². The van der Waals surface area contributed by atoms with Crippen LogP contribution in [-0.2, 0) is 20.8 Å². The van der Waals surface area contributed by atoms with Crippen molar-refractivity contribution in [2.24, 2.45) is 0 Å².